The van der Waals surface area contributed by atoms with E-state index in [9.17, 15) is 15.0 Å². The van der Waals surface area contributed by atoms with E-state index in [0.717, 1.165) is 0 Å². The van der Waals surface area contributed by atoms with E-state index in [1.54, 1.807) is 6.92 Å². The van der Waals surface area contributed by atoms with E-state index in [1.807, 2.05) is 22.6 Å². The van der Waals surface area contributed by atoms with Crippen LogP contribution in [0.15, 0.2) is 4.79 Å². The predicted molar refractivity (Wildman–Crippen MR) is 81.5 cm³/mol. The number of nitrogens with zero attached hydrogens (tertiary/aromatic N) is 3. The molecule has 0 amide bonds. The summed E-state index contributed by atoms with van der Waals surface area (Å²) in [7, 11) is 0. The number of hydrogen-bond acceptors (Lipinski definition) is 7. The largest absolute Gasteiger partial charge is 0.387 e. The summed E-state index contributed by atoms with van der Waals surface area (Å²) < 4.78 is 7.49. The van der Waals surface area contributed by atoms with Crippen LogP contribution < -0.4 is 11.3 Å². The molecule has 21 heavy (non-hydrogen) atoms. The van der Waals surface area contributed by atoms with Gasteiger partial charge in [-0.05, 0) is 13.8 Å². The fourth-order valence-corrected chi connectivity index (χ4v) is 3.26. The number of aromatic amines is 1. The Hall–Kier alpha value is -1.24. The highest BCUT2D eigenvalue weighted by atomic mass is 127. The number of aromatic nitrogens is 4. The summed E-state index contributed by atoms with van der Waals surface area (Å²) in [6.45, 7) is 3.12. The van der Waals surface area contributed by atoms with Crippen molar-refractivity contribution in [1.82, 2.24) is 19.5 Å². The molecule has 3 rings (SSSR count). The molecule has 5 N–H and O–H groups in total. The van der Waals surface area contributed by atoms with Crippen molar-refractivity contribution in [3.05, 3.63) is 14.2 Å². The zero-order valence-corrected chi connectivity index (χ0v) is 13.4. The predicted octanol–water partition coefficient (Wildman–Crippen LogP) is -0.664. The molecule has 1 fully saturated rings. The third-order valence-corrected chi connectivity index (χ3v) is 4.41. The Bertz CT molecular complexity index is 770. The number of ether oxygens (including phenoxy) is 1. The second-order valence-electron chi connectivity index (χ2n) is 5.24. The monoisotopic (exact) mass is 407 g/mol. The molecular weight excluding hydrogens is 393 g/mol. The van der Waals surface area contributed by atoms with Gasteiger partial charge in [0.05, 0.1) is 6.10 Å². The van der Waals surface area contributed by atoms with Crippen LogP contribution in [0.25, 0.3) is 11.2 Å². The summed E-state index contributed by atoms with van der Waals surface area (Å²) in [5.74, 6) is -0.0590. The van der Waals surface area contributed by atoms with Gasteiger partial charge in [0.2, 0.25) is 5.95 Å². The lowest BCUT2D eigenvalue weighted by molar-refractivity contribution is -0.0946. The van der Waals surface area contributed by atoms with Crippen LogP contribution in [0.3, 0.4) is 0 Å². The van der Waals surface area contributed by atoms with Crippen molar-refractivity contribution in [1.29, 1.82) is 0 Å². The summed E-state index contributed by atoms with van der Waals surface area (Å²) in [4.78, 5) is 22.4. The molecule has 1 aliphatic rings. The number of nitrogens with two attached hydrogens (primary N) is 1. The molecule has 0 aliphatic carbocycles. The van der Waals surface area contributed by atoms with Crippen molar-refractivity contribution in [2.75, 3.05) is 5.73 Å². The Kier molecular flexibility index (Phi) is 3.24. The second-order valence-corrected chi connectivity index (χ2v) is 6.20. The minimum atomic E-state index is -1.55. The Morgan fingerprint density at radius 1 is 1.52 bits per heavy atom. The van der Waals surface area contributed by atoms with Gasteiger partial charge in [-0.25, -0.2) is 4.98 Å². The minimum Gasteiger partial charge on any atom is -0.387 e. The molecule has 114 valence electrons. The molecule has 0 spiro atoms. The molecule has 4 atom stereocenters. The maximum Gasteiger partial charge on any atom is 0.280 e. The number of anilines is 1. The van der Waals surface area contributed by atoms with Crippen LogP contribution in [0.5, 0.6) is 0 Å². The third kappa shape index (κ3) is 2.05. The summed E-state index contributed by atoms with van der Waals surface area (Å²) in [6.07, 6.45) is -2.57. The molecule has 0 bridgehead atoms. The van der Waals surface area contributed by atoms with E-state index in [0.29, 0.717) is 3.83 Å². The number of H-pyrrole nitrogens is 1. The minimum absolute atomic E-state index is 0.0590. The molecule has 0 unspecified atom stereocenters. The zero-order valence-electron chi connectivity index (χ0n) is 11.2. The standard InChI is InChI=1S/C11H14IN5O4/c1-3-5(18)11(2,20)8(21-3)17-6-4(14-9(17)12)7(19)16-10(13)15-6/h3,5,8,18,20H,1-2H3,(H3,13,15,16,19)/t3-,5-,8-,11-/m1/s1. The summed E-state index contributed by atoms with van der Waals surface area (Å²) in [6, 6.07) is 0. The first kappa shape index (κ1) is 14.7. The van der Waals surface area contributed by atoms with Crippen LogP contribution in [0.2, 0.25) is 0 Å². The fraction of sp³-hybridized carbons (Fsp3) is 0.545. The van der Waals surface area contributed by atoms with Gasteiger partial charge in [-0.2, -0.15) is 4.98 Å². The van der Waals surface area contributed by atoms with Gasteiger partial charge in [-0.1, -0.05) is 0 Å². The van der Waals surface area contributed by atoms with E-state index in [4.69, 9.17) is 10.5 Å². The number of aliphatic hydroxyl groups is 2. The van der Waals surface area contributed by atoms with Crippen LogP contribution in [-0.2, 0) is 4.74 Å². The zero-order chi connectivity index (χ0) is 15.5. The lowest BCUT2D eigenvalue weighted by Crippen LogP contribution is -2.43. The average Bonchev–Trinajstić information content (AvgIpc) is 2.79. The highest BCUT2D eigenvalue weighted by molar-refractivity contribution is 14.1. The van der Waals surface area contributed by atoms with E-state index in [2.05, 4.69) is 15.0 Å². The van der Waals surface area contributed by atoms with E-state index >= 15 is 0 Å². The molecule has 1 saturated heterocycles. The van der Waals surface area contributed by atoms with Gasteiger partial charge in [0.15, 0.2) is 21.2 Å². The highest BCUT2D eigenvalue weighted by Crippen LogP contribution is 2.40. The van der Waals surface area contributed by atoms with E-state index in [1.165, 1.54) is 11.5 Å². The number of halogens is 1. The third-order valence-electron chi connectivity index (χ3n) is 3.65. The molecule has 0 aromatic carbocycles. The summed E-state index contributed by atoms with van der Waals surface area (Å²) in [5.41, 5.74) is 3.84. The number of rotatable bonds is 1. The van der Waals surface area contributed by atoms with Crippen LogP contribution in [-0.4, -0.2) is 47.5 Å². The van der Waals surface area contributed by atoms with Crippen LogP contribution >= 0.6 is 22.6 Å². The van der Waals surface area contributed by atoms with Gasteiger partial charge in [0.25, 0.3) is 5.56 Å². The van der Waals surface area contributed by atoms with Crippen molar-refractivity contribution in [3.63, 3.8) is 0 Å². The first-order chi connectivity index (χ1) is 9.73. The Morgan fingerprint density at radius 2 is 2.19 bits per heavy atom. The van der Waals surface area contributed by atoms with Crippen molar-refractivity contribution in [2.45, 2.75) is 37.9 Å². The molecule has 0 radical (unpaired) electrons. The Balaban J connectivity index is 2.26. The smallest absolute Gasteiger partial charge is 0.280 e. The molecule has 9 nitrogen and oxygen atoms in total. The van der Waals surface area contributed by atoms with Crippen molar-refractivity contribution >= 4 is 39.7 Å². The number of imidazole rings is 1. The van der Waals surface area contributed by atoms with Crippen LogP contribution in [0.1, 0.15) is 20.1 Å². The number of nitrogen functional groups attached to an aromatic ring is 1. The first-order valence-electron chi connectivity index (χ1n) is 6.22. The molecule has 10 heteroatoms. The molecular formula is C11H14IN5O4. The maximum absolute atomic E-state index is 11.9. The lowest BCUT2D eigenvalue weighted by atomic mass is 9.97. The number of hydrogen-bond donors (Lipinski definition) is 4. The summed E-state index contributed by atoms with van der Waals surface area (Å²) in [5, 5.41) is 20.6. The van der Waals surface area contributed by atoms with Gasteiger partial charge >= 0.3 is 0 Å². The second kappa shape index (κ2) is 4.63. The van der Waals surface area contributed by atoms with E-state index in [-0.39, 0.29) is 17.1 Å². The quantitative estimate of drug-likeness (QED) is 0.363. The van der Waals surface area contributed by atoms with Crippen LogP contribution in [0, 0.1) is 3.83 Å². The SMILES string of the molecule is C[C@H]1O[C@@H](n2c(I)nc3c(=O)[nH]c(N)nc32)[C@](C)(O)[C@@H]1O. The fourth-order valence-electron chi connectivity index (χ4n) is 2.54. The summed E-state index contributed by atoms with van der Waals surface area (Å²) >= 11 is 1.91. The lowest BCUT2D eigenvalue weighted by Gasteiger charge is -2.27. The Morgan fingerprint density at radius 3 is 2.76 bits per heavy atom. The molecule has 3 heterocycles. The first-order valence-corrected chi connectivity index (χ1v) is 7.30. The molecule has 0 saturated carbocycles. The van der Waals surface area contributed by atoms with Crippen molar-refractivity contribution < 1.29 is 14.9 Å². The van der Waals surface area contributed by atoms with Gasteiger partial charge in [0.1, 0.15) is 11.7 Å². The topological polar surface area (TPSA) is 139 Å². The van der Waals surface area contributed by atoms with Gasteiger partial charge in [-0.3, -0.25) is 14.3 Å². The highest BCUT2D eigenvalue weighted by Gasteiger charge is 2.52. The van der Waals surface area contributed by atoms with Crippen molar-refractivity contribution in [2.24, 2.45) is 0 Å². The molecule has 2 aromatic rings. The number of aliphatic hydroxyl groups excluding tert-OH is 1. The van der Waals surface area contributed by atoms with Gasteiger partial charge in [0, 0.05) is 22.6 Å². The Labute approximate surface area is 132 Å². The van der Waals surface area contributed by atoms with Crippen molar-refractivity contribution in [3.8, 4) is 0 Å². The molecule has 2 aromatic heterocycles. The average molecular weight is 407 g/mol. The molecule has 1 aliphatic heterocycles. The van der Waals surface area contributed by atoms with Gasteiger partial charge < -0.3 is 20.7 Å². The maximum atomic E-state index is 11.9. The number of fused-ring (bicyclic) bond motifs is 1. The van der Waals surface area contributed by atoms with E-state index < -0.39 is 29.6 Å². The normalized spacial score (nSPS) is 32.9. The van der Waals surface area contributed by atoms with Gasteiger partial charge in [-0.15, -0.1) is 0 Å². The number of nitrogens with one attached hydrogen (secondary N) is 1. The van der Waals surface area contributed by atoms with Crippen LogP contribution in [0.4, 0.5) is 5.95 Å².